The molecule has 0 bridgehead atoms. The van der Waals surface area contributed by atoms with E-state index in [2.05, 4.69) is 15.2 Å². The number of carboxylic acid groups (broad SMARTS) is 1. The van der Waals surface area contributed by atoms with Crippen molar-refractivity contribution in [3.05, 3.63) is 11.9 Å². The molecule has 0 saturated carbocycles. The predicted octanol–water partition coefficient (Wildman–Crippen LogP) is -1.22. The fourth-order valence-electron chi connectivity index (χ4n) is 2.02. The van der Waals surface area contributed by atoms with E-state index in [0.29, 0.717) is 19.6 Å². The smallest absolute Gasteiger partial charge is 0.358 e. The number of nitrogens with zero attached hydrogens (tertiary/aromatic N) is 4. The first-order valence-corrected chi connectivity index (χ1v) is 5.71. The van der Waals surface area contributed by atoms with E-state index < -0.39 is 5.97 Å². The second kappa shape index (κ2) is 5.13. The number of amides is 1. The van der Waals surface area contributed by atoms with E-state index in [1.54, 1.807) is 0 Å². The molecule has 98 valence electrons. The lowest BCUT2D eigenvalue weighted by Gasteiger charge is -2.14. The molecule has 0 aliphatic carbocycles. The molecule has 2 rings (SSSR count). The summed E-state index contributed by atoms with van der Waals surface area (Å²) in [5.74, 6) is -1.42. The van der Waals surface area contributed by atoms with Crippen LogP contribution in [-0.4, -0.2) is 56.5 Å². The van der Waals surface area contributed by atoms with E-state index in [-0.39, 0.29) is 17.5 Å². The summed E-state index contributed by atoms with van der Waals surface area (Å²) in [6, 6.07) is 0. The van der Waals surface area contributed by atoms with Gasteiger partial charge in [-0.1, -0.05) is 5.21 Å². The van der Waals surface area contributed by atoms with Crippen molar-refractivity contribution in [1.29, 1.82) is 0 Å². The minimum absolute atomic E-state index is 0.0635. The van der Waals surface area contributed by atoms with Gasteiger partial charge in [-0.25, -0.2) is 4.79 Å². The number of hydrogen-bond acceptors (Lipinski definition) is 5. The van der Waals surface area contributed by atoms with Crippen molar-refractivity contribution in [2.45, 2.75) is 13.0 Å². The lowest BCUT2D eigenvalue weighted by Crippen LogP contribution is -2.29. The van der Waals surface area contributed by atoms with Gasteiger partial charge in [0, 0.05) is 13.1 Å². The van der Waals surface area contributed by atoms with Gasteiger partial charge in [-0.05, 0) is 13.0 Å². The quantitative estimate of drug-likeness (QED) is 0.680. The van der Waals surface area contributed by atoms with Crippen LogP contribution in [0.25, 0.3) is 0 Å². The van der Waals surface area contributed by atoms with Crippen molar-refractivity contribution in [2.24, 2.45) is 11.7 Å². The number of carbonyl (C=O) groups excluding carboxylic acids is 1. The summed E-state index contributed by atoms with van der Waals surface area (Å²) in [4.78, 5) is 23.7. The highest BCUT2D eigenvalue weighted by Gasteiger charge is 2.26. The Morgan fingerprint density at radius 2 is 2.28 bits per heavy atom. The normalized spacial score (nSPS) is 20.1. The Hall–Kier alpha value is -1.96. The Balaban J connectivity index is 1.81. The molecular formula is C10H15N5O3. The molecule has 1 aromatic heterocycles. The van der Waals surface area contributed by atoms with Crippen molar-refractivity contribution in [3.63, 3.8) is 0 Å². The van der Waals surface area contributed by atoms with Crippen LogP contribution in [0, 0.1) is 5.92 Å². The van der Waals surface area contributed by atoms with Crippen LogP contribution in [-0.2, 0) is 11.3 Å². The number of aromatic nitrogens is 3. The number of hydrogen-bond donors (Lipinski definition) is 2. The van der Waals surface area contributed by atoms with E-state index in [1.165, 1.54) is 10.9 Å². The average Bonchev–Trinajstić information content (AvgIpc) is 2.95. The van der Waals surface area contributed by atoms with Crippen LogP contribution in [0.5, 0.6) is 0 Å². The Bertz CT molecular complexity index is 458. The van der Waals surface area contributed by atoms with Gasteiger partial charge in [0.05, 0.1) is 18.7 Å². The fourth-order valence-corrected chi connectivity index (χ4v) is 2.02. The first kappa shape index (κ1) is 12.5. The second-order valence-corrected chi connectivity index (χ2v) is 4.36. The molecular weight excluding hydrogens is 238 g/mol. The number of aromatic carboxylic acids is 1. The fraction of sp³-hybridized carbons (Fsp3) is 0.600. The molecule has 18 heavy (non-hydrogen) atoms. The lowest BCUT2D eigenvalue weighted by atomic mass is 10.1. The summed E-state index contributed by atoms with van der Waals surface area (Å²) in [5.41, 5.74) is 5.18. The molecule has 1 atom stereocenters. The molecule has 2 heterocycles. The molecule has 1 amide bonds. The molecule has 0 spiro atoms. The van der Waals surface area contributed by atoms with E-state index in [4.69, 9.17) is 10.8 Å². The number of rotatable bonds is 5. The maximum Gasteiger partial charge on any atom is 0.358 e. The highest BCUT2D eigenvalue weighted by atomic mass is 16.4. The summed E-state index contributed by atoms with van der Waals surface area (Å²) in [6.07, 6.45) is 2.18. The molecule has 3 N–H and O–H groups in total. The van der Waals surface area contributed by atoms with Gasteiger partial charge in [0.1, 0.15) is 0 Å². The van der Waals surface area contributed by atoms with Crippen LogP contribution in [0.1, 0.15) is 16.9 Å². The van der Waals surface area contributed by atoms with Crippen LogP contribution in [0.15, 0.2) is 6.20 Å². The van der Waals surface area contributed by atoms with Gasteiger partial charge in [0.2, 0.25) is 5.91 Å². The minimum Gasteiger partial charge on any atom is -0.476 e. The Morgan fingerprint density at radius 1 is 1.50 bits per heavy atom. The molecule has 1 aliphatic rings. The summed E-state index contributed by atoms with van der Waals surface area (Å²) >= 11 is 0. The Labute approximate surface area is 103 Å². The molecule has 0 aromatic carbocycles. The van der Waals surface area contributed by atoms with Gasteiger partial charge < -0.3 is 15.7 Å². The second-order valence-electron chi connectivity index (χ2n) is 4.36. The first-order chi connectivity index (χ1) is 8.56. The zero-order valence-electron chi connectivity index (χ0n) is 9.82. The molecule has 1 aromatic rings. The maximum atomic E-state index is 11.0. The number of carboxylic acids is 1. The Morgan fingerprint density at radius 3 is 2.83 bits per heavy atom. The van der Waals surface area contributed by atoms with Gasteiger partial charge in [-0.3, -0.25) is 9.48 Å². The maximum absolute atomic E-state index is 11.0. The highest BCUT2D eigenvalue weighted by Crippen LogP contribution is 2.15. The minimum atomic E-state index is -1.09. The zero-order chi connectivity index (χ0) is 13.1. The summed E-state index contributed by atoms with van der Waals surface area (Å²) in [6.45, 7) is 2.74. The predicted molar refractivity (Wildman–Crippen MR) is 60.7 cm³/mol. The number of nitrogens with two attached hydrogens (primary N) is 1. The average molecular weight is 253 g/mol. The number of primary amides is 1. The molecule has 1 aliphatic heterocycles. The van der Waals surface area contributed by atoms with E-state index >= 15 is 0 Å². The molecule has 0 radical (unpaired) electrons. The zero-order valence-corrected chi connectivity index (χ0v) is 9.82. The van der Waals surface area contributed by atoms with Crippen molar-refractivity contribution >= 4 is 11.9 Å². The van der Waals surface area contributed by atoms with Gasteiger partial charge in [0.25, 0.3) is 0 Å². The molecule has 8 nitrogen and oxygen atoms in total. The van der Waals surface area contributed by atoms with E-state index in [1.807, 2.05) is 0 Å². The van der Waals surface area contributed by atoms with Crippen LogP contribution >= 0.6 is 0 Å². The summed E-state index contributed by atoms with van der Waals surface area (Å²) < 4.78 is 1.49. The molecule has 1 saturated heterocycles. The molecule has 8 heteroatoms. The molecule has 1 unspecified atom stereocenters. The van der Waals surface area contributed by atoms with Gasteiger partial charge in [-0.15, -0.1) is 5.10 Å². The van der Waals surface area contributed by atoms with Crippen molar-refractivity contribution in [2.75, 3.05) is 19.6 Å². The third kappa shape index (κ3) is 2.83. The summed E-state index contributed by atoms with van der Waals surface area (Å²) in [5, 5.41) is 15.9. The topological polar surface area (TPSA) is 114 Å². The third-order valence-electron chi connectivity index (χ3n) is 3.08. The van der Waals surface area contributed by atoms with Crippen LogP contribution in [0.3, 0.4) is 0 Å². The van der Waals surface area contributed by atoms with Crippen molar-refractivity contribution in [1.82, 2.24) is 19.9 Å². The highest BCUT2D eigenvalue weighted by molar-refractivity contribution is 5.84. The largest absolute Gasteiger partial charge is 0.476 e. The lowest BCUT2D eigenvalue weighted by molar-refractivity contribution is -0.121. The SMILES string of the molecule is NC(=O)C1CCN(CCn2cc(C(=O)O)nn2)C1. The van der Waals surface area contributed by atoms with Crippen molar-refractivity contribution in [3.8, 4) is 0 Å². The Kier molecular flexibility index (Phi) is 3.56. The molecule has 1 fully saturated rings. The van der Waals surface area contributed by atoms with Crippen LogP contribution < -0.4 is 5.73 Å². The first-order valence-electron chi connectivity index (χ1n) is 5.71. The third-order valence-corrected chi connectivity index (χ3v) is 3.08. The van der Waals surface area contributed by atoms with Crippen molar-refractivity contribution < 1.29 is 14.7 Å². The van der Waals surface area contributed by atoms with E-state index in [0.717, 1.165) is 13.0 Å². The monoisotopic (exact) mass is 253 g/mol. The van der Waals surface area contributed by atoms with Crippen LogP contribution in [0.2, 0.25) is 0 Å². The standard InChI is InChI=1S/C10H15N5O3/c11-9(16)7-1-2-14(5-7)3-4-15-6-8(10(17)18)12-13-15/h6-7H,1-5H2,(H2,11,16)(H,17,18). The van der Waals surface area contributed by atoms with E-state index in [9.17, 15) is 9.59 Å². The number of likely N-dealkylation sites (tertiary alicyclic amines) is 1. The summed E-state index contributed by atoms with van der Waals surface area (Å²) in [7, 11) is 0. The van der Waals surface area contributed by atoms with Gasteiger partial charge in [-0.2, -0.15) is 0 Å². The van der Waals surface area contributed by atoms with Gasteiger partial charge >= 0.3 is 5.97 Å². The van der Waals surface area contributed by atoms with Crippen LogP contribution in [0.4, 0.5) is 0 Å². The van der Waals surface area contributed by atoms with Gasteiger partial charge in [0.15, 0.2) is 5.69 Å². The number of carbonyl (C=O) groups is 2.